The van der Waals surface area contributed by atoms with Crippen LogP contribution in [0.25, 0.3) is 11.1 Å². The summed E-state index contributed by atoms with van der Waals surface area (Å²) in [6.07, 6.45) is 0.809. The molecule has 0 aliphatic carbocycles. The highest BCUT2D eigenvalue weighted by Gasteiger charge is 2.09. The largest absolute Gasteiger partial charge is 0.390 e. The van der Waals surface area contributed by atoms with Crippen molar-refractivity contribution in [2.45, 2.75) is 0 Å². The van der Waals surface area contributed by atoms with Gasteiger partial charge in [0.1, 0.15) is 0 Å². The molecule has 0 atom stereocenters. The van der Waals surface area contributed by atoms with Crippen LogP contribution in [0.2, 0.25) is 0 Å². The van der Waals surface area contributed by atoms with Gasteiger partial charge in [-0.3, -0.25) is 4.79 Å². The summed E-state index contributed by atoms with van der Waals surface area (Å²) in [6, 6.07) is 7.80. The number of carbonyl (C=O) groups is 1. The molecular formula is C11H8BrNOS. The summed E-state index contributed by atoms with van der Waals surface area (Å²) < 4.78 is 1.02. The Balaban J connectivity index is 2.53. The molecule has 4 heteroatoms. The van der Waals surface area contributed by atoms with Gasteiger partial charge in [-0.15, -0.1) is 11.3 Å². The Morgan fingerprint density at radius 3 is 2.53 bits per heavy atom. The van der Waals surface area contributed by atoms with Gasteiger partial charge in [0.15, 0.2) is 6.29 Å². The van der Waals surface area contributed by atoms with Crippen LogP contribution < -0.4 is 5.73 Å². The van der Waals surface area contributed by atoms with Crippen LogP contribution in [0, 0.1) is 0 Å². The summed E-state index contributed by atoms with van der Waals surface area (Å²) >= 11 is 4.76. The predicted octanol–water partition coefficient (Wildman–Crippen LogP) is 3.57. The minimum atomic E-state index is 0.572. The zero-order valence-electron chi connectivity index (χ0n) is 7.74. The third-order valence-electron chi connectivity index (χ3n) is 2.13. The van der Waals surface area contributed by atoms with E-state index in [-0.39, 0.29) is 0 Å². The quantitative estimate of drug-likeness (QED) is 0.856. The molecule has 1 heterocycles. The number of thiophene rings is 1. The highest BCUT2D eigenvalue weighted by atomic mass is 79.9. The topological polar surface area (TPSA) is 43.1 Å². The molecule has 1 aromatic carbocycles. The molecule has 0 bridgehead atoms. The molecular weight excluding hydrogens is 274 g/mol. The van der Waals surface area contributed by atoms with E-state index in [4.69, 9.17) is 5.73 Å². The maximum Gasteiger partial charge on any atom is 0.153 e. The number of carbonyl (C=O) groups excluding carboxylic acids is 1. The number of rotatable bonds is 2. The van der Waals surface area contributed by atoms with Crippen molar-refractivity contribution in [1.29, 1.82) is 0 Å². The second-order valence-corrected chi connectivity index (χ2v) is 4.88. The van der Waals surface area contributed by atoms with Crippen molar-refractivity contribution in [2.24, 2.45) is 0 Å². The zero-order chi connectivity index (χ0) is 10.8. The first-order valence-corrected chi connectivity index (χ1v) is 5.97. The summed E-state index contributed by atoms with van der Waals surface area (Å²) in [5.41, 5.74) is 8.19. The van der Waals surface area contributed by atoms with E-state index in [2.05, 4.69) is 15.9 Å². The first-order chi connectivity index (χ1) is 7.22. The maximum atomic E-state index is 10.9. The average molecular weight is 282 g/mol. The average Bonchev–Trinajstić information content (AvgIpc) is 2.61. The fourth-order valence-electron chi connectivity index (χ4n) is 1.36. The van der Waals surface area contributed by atoms with E-state index < -0.39 is 0 Å². The second kappa shape index (κ2) is 4.16. The second-order valence-electron chi connectivity index (χ2n) is 3.05. The standard InChI is InChI=1S/C11H8BrNOS/c12-8-3-1-7(2-4-8)10-6-15-11(13)9(10)5-14/h1-6H,13H2. The summed E-state index contributed by atoms with van der Waals surface area (Å²) in [5, 5.41) is 2.48. The summed E-state index contributed by atoms with van der Waals surface area (Å²) in [6.45, 7) is 0. The lowest BCUT2D eigenvalue weighted by Crippen LogP contribution is -1.88. The molecule has 0 spiro atoms. The number of hydrogen-bond acceptors (Lipinski definition) is 3. The Bertz CT molecular complexity index is 490. The van der Waals surface area contributed by atoms with Gasteiger partial charge < -0.3 is 5.73 Å². The Morgan fingerprint density at radius 1 is 1.27 bits per heavy atom. The smallest absolute Gasteiger partial charge is 0.153 e. The molecule has 0 aliphatic heterocycles. The van der Waals surface area contributed by atoms with Crippen LogP contribution in [0.3, 0.4) is 0 Å². The molecule has 0 radical (unpaired) electrons. The molecule has 1 aromatic heterocycles. The number of aldehydes is 1. The molecule has 2 nitrogen and oxygen atoms in total. The van der Waals surface area contributed by atoms with Crippen LogP contribution in [-0.4, -0.2) is 6.29 Å². The lowest BCUT2D eigenvalue weighted by atomic mass is 10.1. The number of nitrogens with two attached hydrogens (primary N) is 1. The molecule has 2 N–H and O–H groups in total. The molecule has 0 unspecified atom stereocenters. The van der Waals surface area contributed by atoms with Crippen molar-refractivity contribution in [3.8, 4) is 11.1 Å². The molecule has 0 aliphatic rings. The number of benzene rings is 1. The molecule has 0 saturated heterocycles. The minimum Gasteiger partial charge on any atom is -0.390 e. The molecule has 2 rings (SSSR count). The molecule has 76 valence electrons. The SMILES string of the molecule is Nc1scc(-c2ccc(Br)cc2)c1C=O. The number of halogens is 1. The van der Waals surface area contributed by atoms with Crippen LogP contribution in [0.5, 0.6) is 0 Å². The summed E-state index contributed by atoms with van der Waals surface area (Å²) in [4.78, 5) is 10.9. The number of nitrogen functional groups attached to an aromatic ring is 1. The molecule has 0 fully saturated rings. The van der Waals surface area contributed by atoms with E-state index in [1.807, 2.05) is 29.6 Å². The van der Waals surface area contributed by atoms with E-state index >= 15 is 0 Å². The van der Waals surface area contributed by atoms with E-state index in [0.717, 1.165) is 21.9 Å². The zero-order valence-corrected chi connectivity index (χ0v) is 10.1. The molecule has 15 heavy (non-hydrogen) atoms. The lowest BCUT2D eigenvalue weighted by Gasteiger charge is -1.99. The molecule has 0 saturated carbocycles. The first kappa shape index (κ1) is 10.4. The van der Waals surface area contributed by atoms with Gasteiger partial charge in [-0.1, -0.05) is 28.1 Å². The fourth-order valence-corrected chi connectivity index (χ4v) is 2.41. The number of hydrogen-bond donors (Lipinski definition) is 1. The Morgan fingerprint density at radius 2 is 1.93 bits per heavy atom. The normalized spacial score (nSPS) is 10.2. The van der Waals surface area contributed by atoms with Gasteiger partial charge in [0, 0.05) is 15.4 Å². The van der Waals surface area contributed by atoms with Crippen molar-refractivity contribution in [3.05, 3.63) is 39.7 Å². The van der Waals surface area contributed by atoms with E-state index in [1.165, 1.54) is 11.3 Å². The van der Waals surface area contributed by atoms with E-state index in [0.29, 0.717) is 10.6 Å². The van der Waals surface area contributed by atoms with Gasteiger partial charge in [-0.2, -0.15) is 0 Å². The highest BCUT2D eigenvalue weighted by molar-refractivity contribution is 9.10. The predicted molar refractivity (Wildman–Crippen MR) is 67.3 cm³/mol. The van der Waals surface area contributed by atoms with Gasteiger partial charge in [0.25, 0.3) is 0 Å². The molecule has 0 amide bonds. The van der Waals surface area contributed by atoms with Gasteiger partial charge in [0.2, 0.25) is 0 Å². The molecule has 2 aromatic rings. The van der Waals surface area contributed by atoms with E-state index in [9.17, 15) is 4.79 Å². The van der Waals surface area contributed by atoms with Gasteiger partial charge in [0.05, 0.1) is 10.6 Å². The van der Waals surface area contributed by atoms with Gasteiger partial charge >= 0.3 is 0 Å². The van der Waals surface area contributed by atoms with Crippen molar-refractivity contribution < 1.29 is 4.79 Å². The summed E-state index contributed by atoms with van der Waals surface area (Å²) in [5.74, 6) is 0. The fraction of sp³-hybridized carbons (Fsp3) is 0. The van der Waals surface area contributed by atoms with Crippen molar-refractivity contribution in [3.63, 3.8) is 0 Å². The van der Waals surface area contributed by atoms with Crippen molar-refractivity contribution in [1.82, 2.24) is 0 Å². The minimum absolute atomic E-state index is 0.572. The van der Waals surface area contributed by atoms with Crippen LogP contribution in [0.1, 0.15) is 10.4 Å². The monoisotopic (exact) mass is 281 g/mol. The third-order valence-corrected chi connectivity index (χ3v) is 3.49. The first-order valence-electron chi connectivity index (χ1n) is 4.30. The highest BCUT2D eigenvalue weighted by Crippen LogP contribution is 2.32. The Kier molecular flexibility index (Phi) is 2.88. The third kappa shape index (κ3) is 1.96. The number of anilines is 1. The van der Waals surface area contributed by atoms with Crippen molar-refractivity contribution >= 4 is 38.6 Å². The van der Waals surface area contributed by atoms with Gasteiger partial charge in [-0.25, -0.2) is 0 Å². The summed E-state index contributed by atoms with van der Waals surface area (Å²) in [7, 11) is 0. The maximum absolute atomic E-state index is 10.9. The van der Waals surface area contributed by atoms with Crippen LogP contribution in [-0.2, 0) is 0 Å². The van der Waals surface area contributed by atoms with Crippen LogP contribution in [0.15, 0.2) is 34.1 Å². The van der Waals surface area contributed by atoms with Crippen LogP contribution in [0.4, 0.5) is 5.00 Å². The van der Waals surface area contributed by atoms with Crippen molar-refractivity contribution in [2.75, 3.05) is 5.73 Å². The van der Waals surface area contributed by atoms with Gasteiger partial charge in [-0.05, 0) is 17.7 Å². The Labute approximate surface area is 99.9 Å². The van der Waals surface area contributed by atoms with Crippen LogP contribution >= 0.6 is 27.3 Å². The Hall–Kier alpha value is -1.13. The van der Waals surface area contributed by atoms with E-state index in [1.54, 1.807) is 0 Å². The lowest BCUT2D eigenvalue weighted by molar-refractivity contribution is 0.112.